The van der Waals surface area contributed by atoms with E-state index in [1.54, 1.807) is 4.40 Å². The summed E-state index contributed by atoms with van der Waals surface area (Å²) in [5.74, 6) is 0.309. The van der Waals surface area contributed by atoms with Gasteiger partial charge in [0.2, 0.25) is 15.9 Å². The lowest BCUT2D eigenvalue weighted by Gasteiger charge is -2.21. The first kappa shape index (κ1) is 14.9. The predicted molar refractivity (Wildman–Crippen MR) is 79.4 cm³/mol. The summed E-state index contributed by atoms with van der Waals surface area (Å²) in [4.78, 5) is 12.3. The van der Waals surface area contributed by atoms with Crippen LogP contribution in [0.5, 0.6) is 0 Å². The molecule has 2 aromatic heterocycles. The van der Waals surface area contributed by atoms with E-state index in [1.807, 2.05) is 24.4 Å². The molecule has 0 aromatic carbocycles. The van der Waals surface area contributed by atoms with Gasteiger partial charge in [-0.05, 0) is 25.0 Å². The lowest BCUT2D eigenvalue weighted by Crippen LogP contribution is -2.45. The molecule has 9 heteroatoms. The van der Waals surface area contributed by atoms with Gasteiger partial charge >= 0.3 is 0 Å². The zero-order valence-corrected chi connectivity index (χ0v) is 13.0. The summed E-state index contributed by atoms with van der Waals surface area (Å²) in [5.41, 5.74) is 0.699. The molecule has 0 aliphatic carbocycles. The van der Waals surface area contributed by atoms with Crippen LogP contribution in [0.3, 0.4) is 0 Å². The first-order valence-electron chi connectivity index (χ1n) is 7.00. The first-order chi connectivity index (χ1) is 10.5. The summed E-state index contributed by atoms with van der Waals surface area (Å²) >= 11 is 0. The number of hydrogen-bond acceptors (Lipinski definition) is 5. The Bertz CT molecular complexity index is 801. The Morgan fingerprint density at radius 1 is 1.41 bits per heavy atom. The monoisotopic (exact) mass is 323 g/mol. The van der Waals surface area contributed by atoms with Crippen molar-refractivity contribution in [2.75, 3.05) is 12.8 Å². The molecule has 0 unspecified atom stereocenters. The average molecular weight is 323 g/mol. The second-order valence-corrected chi connectivity index (χ2v) is 7.23. The van der Waals surface area contributed by atoms with Gasteiger partial charge in [-0.3, -0.25) is 9.20 Å². The minimum atomic E-state index is -3.36. The molecule has 0 radical (unpaired) electrons. The van der Waals surface area contributed by atoms with Crippen molar-refractivity contribution in [3.05, 3.63) is 30.2 Å². The van der Waals surface area contributed by atoms with Crippen molar-refractivity contribution in [1.29, 1.82) is 0 Å². The Kier molecular flexibility index (Phi) is 3.83. The fraction of sp³-hybridized carbons (Fsp3) is 0.462. The summed E-state index contributed by atoms with van der Waals surface area (Å²) in [6.07, 6.45) is 4.18. The molecule has 2 aromatic rings. The SMILES string of the molecule is CS(=O)(=O)N1CCC[C@H]1C(=O)NCc1nnc2ccccn12. The van der Waals surface area contributed by atoms with E-state index in [-0.39, 0.29) is 12.5 Å². The van der Waals surface area contributed by atoms with Crippen molar-refractivity contribution in [2.45, 2.75) is 25.4 Å². The van der Waals surface area contributed by atoms with E-state index >= 15 is 0 Å². The molecule has 22 heavy (non-hydrogen) atoms. The highest BCUT2D eigenvalue weighted by Crippen LogP contribution is 2.20. The third-order valence-electron chi connectivity index (χ3n) is 3.74. The predicted octanol–water partition coefficient (Wildman–Crippen LogP) is -0.230. The molecule has 1 fully saturated rings. The van der Waals surface area contributed by atoms with Gasteiger partial charge in [0, 0.05) is 12.7 Å². The highest BCUT2D eigenvalue weighted by Gasteiger charge is 2.36. The Balaban J connectivity index is 1.70. The molecule has 1 amide bonds. The Hall–Kier alpha value is -2.00. The third kappa shape index (κ3) is 2.81. The number of nitrogens with zero attached hydrogens (tertiary/aromatic N) is 4. The summed E-state index contributed by atoms with van der Waals surface area (Å²) < 4.78 is 26.4. The highest BCUT2D eigenvalue weighted by atomic mass is 32.2. The molecule has 118 valence electrons. The number of carbonyl (C=O) groups is 1. The van der Waals surface area contributed by atoms with Crippen molar-refractivity contribution in [2.24, 2.45) is 0 Å². The number of pyridine rings is 1. The molecule has 0 spiro atoms. The number of nitrogens with one attached hydrogen (secondary N) is 1. The highest BCUT2D eigenvalue weighted by molar-refractivity contribution is 7.88. The fourth-order valence-corrected chi connectivity index (χ4v) is 3.82. The molecule has 3 heterocycles. The van der Waals surface area contributed by atoms with Crippen LogP contribution in [0.15, 0.2) is 24.4 Å². The molecule has 1 saturated heterocycles. The number of hydrogen-bond donors (Lipinski definition) is 1. The fourth-order valence-electron chi connectivity index (χ4n) is 2.69. The van der Waals surface area contributed by atoms with Crippen molar-refractivity contribution < 1.29 is 13.2 Å². The second-order valence-electron chi connectivity index (χ2n) is 5.29. The zero-order chi connectivity index (χ0) is 15.7. The van der Waals surface area contributed by atoms with E-state index in [4.69, 9.17) is 0 Å². The number of rotatable bonds is 4. The van der Waals surface area contributed by atoms with Gasteiger partial charge in [-0.15, -0.1) is 10.2 Å². The van der Waals surface area contributed by atoms with Crippen LogP contribution in [0, 0.1) is 0 Å². The van der Waals surface area contributed by atoms with Gasteiger partial charge in [0.05, 0.1) is 12.8 Å². The van der Waals surface area contributed by atoms with Crippen molar-refractivity contribution >= 4 is 21.6 Å². The normalized spacial score (nSPS) is 19.6. The minimum absolute atomic E-state index is 0.206. The zero-order valence-electron chi connectivity index (χ0n) is 12.1. The Morgan fingerprint density at radius 2 is 2.23 bits per heavy atom. The lowest BCUT2D eigenvalue weighted by atomic mass is 10.2. The summed E-state index contributed by atoms with van der Waals surface area (Å²) in [6, 6.07) is 4.90. The third-order valence-corrected chi connectivity index (χ3v) is 5.03. The number of carbonyl (C=O) groups excluding carboxylic acids is 1. The summed E-state index contributed by atoms with van der Waals surface area (Å²) in [6.45, 7) is 0.600. The molecular weight excluding hydrogens is 306 g/mol. The van der Waals surface area contributed by atoms with E-state index in [0.29, 0.717) is 30.9 Å². The molecule has 0 bridgehead atoms. The molecule has 1 aliphatic rings. The average Bonchev–Trinajstić information content (AvgIpc) is 3.11. The smallest absolute Gasteiger partial charge is 0.238 e. The number of amides is 1. The van der Waals surface area contributed by atoms with Gasteiger partial charge in [0.25, 0.3) is 0 Å². The topological polar surface area (TPSA) is 96.7 Å². The Labute approximate surface area is 128 Å². The summed E-state index contributed by atoms with van der Waals surface area (Å²) in [5, 5.41) is 10.8. The van der Waals surface area contributed by atoms with Crippen molar-refractivity contribution in [3.63, 3.8) is 0 Å². The van der Waals surface area contributed by atoms with E-state index in [1.165, 1.54) is 4.31 Å². The van der Waals surface area contributed by atoms with E-state index < -0.39 is 16.1 Å². The molecule has 8 nitrogen and oxygen atoms in total. The van der Waals surface area contributed by atoms with Gasteiger partial charge < -0.3 is 5.32 Å². The molecule has 0 saturated carbocycles. The van der Waals surface area contributed by atoms with Crippen LogP contribution < -0.4 is 5.32 Å². The van der Waals surface area contributed by atoms with Gasteiger partial charge in [-0.1, -0.05) is 6.07 Å². The van der Waals surface area contributed by atoms with Gasteiger partial charge in [0.1, 0.15) is 6.04 Å². The number of aromatic nitrogens is 3. The van der Waals surface area contributed by atoms with E-state index in [2.05, 4.69) is 15.5 Å². The Morgan fingerprint density at radius 3 is 3.00 bits per heavy atom. The van der Waals surface area contributed by atoms with Crippen LogP contribution in [-0.2, 0) is 21.4 Å². The maximum absolute atomic E-state index is 12.3. The van der Waals surface area contributed by atoms with Crippen LogP contribution in [-0.4, -0.2) is 52.1 Å². The standard InChI is InChI=1S/C13H17N5O3S/c1-22(20,21)18-8-4-5-10(18)13(19)14-9-12-16-15-11-6-2-3-7-17(11)12/h2-3,6-7,10H,4-5,8-9H2,1H3,(H,14,19)/t10-/m0/s1. The van der Waals surface area contributed by atoms with Crippen LogP contribution >= 0.6 is 0 Å². The molecular formula is C13H17N5O3S. The van der Waals surface area contributed by atoms with Gasteiger partial charge in [0.15, 0.2) is 11.5 Å². The molecule has 1 atom stereocenters. The van der Waals surface area contributed by atoms with Crippen LogP contribution in [0.25, 0.3) is 5.65 Å². The molecule has 1 aliphatic heterocycles. The van der Waals surface area contributed by atoms with Crippen molar-refractivity contribution in [1.82, 2.24) is 24.2 Å². The molecule has 3 rings (SSSR count). The van der Waals surface area contributed by atoms with Crippen LogP contribution in [0.1, 0.15) is 18.7 Å². The quantitative estimate of drug-likeness (QED) is 0.838. The van der Waals surface area contributed by atoms with Crippen LogP contribution in [0.4, 0.5) is 0 Å². The number of fused-ring (bicyclic) bond motifs is 1. The van der Waals surface area contributed by atoms with Gasteiger partial charge in [-0.2, -0.15) is 4.31 Å². The van der Waals surface area contributed by atoms with Gasteiger partial charge in [-0.25, -0.2) is 8.42 Å². The maximum Gasteiger partial charge on any atom is 0.238 e. The minimum Gasteiger partial charge on any atom is -0.347 e. The van der Waals surface area contributed by atoms with Crippen LogP contribution in [0.2, 0.25) is 0 Å². The molecule has 1 N–H and O–H groups in total. The summed E-state index contributed by atoms with van der Waals surface area (Å²) in [7, 11) is -3.36. The lowest BCUT2D eigenvalue weighted by molar-refractivity contribution is -0.124. The maximum atomic E-state index is 12.3. The first-order valence-corrected chi connectivity index (χ1v) is 8.85. The van der Waals surface area contributed by atoms with E-state index in [0.717, 1.165) is 6.26 Å². The van der Waals surface area contributed by atoms with E-state index in [9.17, 15) is 13.2 Å². The second kappa shape index (κ2) is 5.65. The number of sulfonamides is 1. The van der Waals surface area contributed by atoms with Crippen molar-refractivity contribution in [3.8, 4) is 0 Å². The largest absolute Gasteiger partial charge is 0.347 e.